The quantitative estimate of drug-likeness (QED) is 0.924. The molecule has 0 aliphatic carbocycles. The van der Waals surface area contributed by atoms with Crippen LogP contribution in [0, 0.1) is 0 Å². The van der Waals surface area contributed by atoms with Crippen molar-refractivity contribution < 1.29 is 0 Å². The van der Waals surface area contributed by atoms with Gasteiger partial charge < -0.3 is 10.6 Å². The standard InChI is InChI=1S/C14H15BrN4/c15-11-5-3-10(4-6-11)12-9-13(16)18-14(17-12)19-7-1-2-8-19/h3-6,9H,1-2,7-8H2,(H2,16,17,18). The van der Waals surface area contributed by atoms with Gasteiger partial charge in [0.2, 0.25) is 5.95 Å². The number of anilines is 2. The number of nitrogens with two attached hydrogens (primary N) is 1. The molecule has 1 saturated heterocycles. The maximum absolute atomic E-state index is 5.91. The van der Waals surface area contributed by atoms with Crippen LogP contribution in [0.25, 0.3) is 11.3 Å². The highest BCUT2D eigenvalue weighted by Gasteiger charge is 2.16. The summed E-state index contributed by atoms with van der Waals surface area (Å²) in [5.41, 5.74) is 7.84. The molecule has 0 amide bonds. The number of nitrogens with zero attached hydrogens (tertiary/aromatic N) is 3. The van der Waals surface area contributed by atoms with E-state index in [0.717, 1.165) is 34.8 Å². The van der Waals surface area contributed by atoms with Gasteiger partial charge in [0.05, 0.1) is 5.69 Å². The lowest BCUT2D eigenvalue weighted by Gasteiger charge is -2.16. The summed E-state index contributed by atoms with van der Waals surface area (Å²) in [4.78, 5) is 11.2. The Kier molecular flexibility index (Phi) is 3.38. The Morgan fingerprint density at radius 1 is 1.05 bits per heavy atom. The third kappa shape index (κ3) is 2.71. The minimum absolute atomic E-state index is 0.523. The van der Waals surface area contributed by atoms with Crippen LogP contribution in [0.1, 0.15) is 12.8 Å². The molecule has 1 aliphatic heterocycles. The monoisotopic (exact) mass is 318 g/mol. The van der Waals surface area contributed by atoms with Crippen molar-refractivity contribution in [3.8, 4) is 11.3 Å². The van der Waals surface area contributed by atoms with Gasteiger partial charge in [0.15, 0.2) is 0 Å². The summed E-state index contributed by atoms with van der Waals surface area (Å²) < 4.78 is 1.05. The highest BCUT2D eigenvalue weighted by molar-refractivity contribution is 9.10. The molecule has 2 N–H and O–H groups in total. The Balaban J connectivity index is 1.99. The van der Waals surface area contributed by atoms with Crippen LogP contribution in [0.5, 0.6) is 0 Å². The van der Waals surface area contributed by atoms with Gasteiger partial charge in [-0.3, -0.25) is 0 Å². The summed E-state index contributed by atoms with van der Waals surface area (Å²) in [6, 6.07) is 9.88. The van der Waals surface area contributed by atoms with Gasteiger partial charge in [-0.05, 0) is 25.0 Å². The van der Waals surface area contributed by atoms with Gasteiger partial charge in [-0.1, -0.05) is 28.1 Å². The van der Waals surface area contributed by atoms with Gasteiger partial charge in [-0.25, -0.2) is 4.98 Å². The lowest BCUT2D eigenvalue weighted by atomic mass is 10.1. The highest BCUT2D eigenvalue weighted by Crippen LogP contribution is 2.24. The predicted octanol–water partition coefficient (Wildman–Crippen LogP) is 3.09. The van der Waals surface area contributed by atoms with Crippen LogP contribution in [0.2, 0.25) is 0 Å². The third-order valence-electron chi connectivity index (χ3n) is 3.26. The molecule has 0 atom stereocenters. The summed E-state index contributed by atoms with van der Waals surface area (Å²) in [6.45, 7) is 2.03. The minimum Gasteiger partial charge on any atom is -0.384 e. The van der Waals surface area contributed by atoms with Gasteiger partial charge >= 0.3 is 0 Å². The minimum atomic E-state index is 0.523. The molecule has 98 valence electrons. The van der Waals surface area contributed by atoms with Crippen LogP contribution in [-0.4, -0.2) is 23.1 Å². The average molecular weight is 319 g/mol. The lowest BCUT2D eigenvalue weighted by Crippen LogP contribution is -2.21. The van der Waals surface area contributed by atoms with E-state index in [2.05, 4.69) is 30.8 Å². The largest absolute Gasteiger partial charge is 0.384 e. The van der Waals surface area contributed by atoms with E-state index in [4.69, 9.17) is 5.73 Å². The van der Waals surface area contributed by atoms with Crippen LogP contribution in [0.3, 0.4) is 0 Å². The summed E-state index contributed by atoms with van der Waals surface area (Å²) in [6.07, 6.45) is 2.40. The first-order valence-corrected chi connectivity index (χ1v) is 7.17. The molecule has 0 saturated carbocycles. The molecule has 2 heterocycles. The Bertz CT molecular complexity index is 576. The van der Waals surface area contributed by atoms with Crippen molar-refractivity contribution in [2.75, 3.05) is 23.7 Å². The summed E-state index contributed by atoms with van der Waals surface area (Å²) in [7, 11) is 0. The average Bonchev–Trinajstić information content (AvgIpc) is 2.93. The van der Waals surface area contributed by atoms with Crippen molar-refractivity contribution >= 4 is 27.7 Å². The fourth-order valence-corrected chi connectivity index (χ4v) is 2.54. The third-order valence-corrected chi connectivity index (χ3v) is 3.79. The van der Waals surface area contributed by atoms with Crippen LogP contribution in [-0.2, 0) is 0 Å². The Labute approximate surface area is 120 Å². The van der Waals surface area contributed by atoms with Crippen LogP contribution in [0.4, 0.5) is 11.8 Å². The van der Waals surface area contributed by atoms with Gasteiger partial charge in [0, 0.05) is 29.2 Å². The second-order valence-electron chi connectivity index (χ2n) is 4.68. The molecule has 0 radical (unpaired) electrons. The fourth-order valence-electron chi connectivity index (χ4n) is 2.28. The first kappa shape index (κ1) is 12.4. The molecule has 1 aromatic carbocycles. The van der Waals surface area contributed by atoms with Gasteiger partial charge in [0.1, 0.15) is 5.82 Å². The predicted molar refractivity (Wildman–Crippen MR) is 81.0 cm³/mol. The van der Waals surface area contributed by atoms with Gasteiger partial charge in [-0.15, -0.1) is 0 Å². The van der Waals surface area contributed by atoms with E-state index < -0.39 is 0 Å². The van der Waals surface area contributed by atoms with Crippen LogP contribution < -0.4 is 10.6 Å². The van der Waals surface area contributed by atoms with Crippen molar-refractivity contribution in [3.05, 3.63) is 34.8 Å². The Morgan fingerprint density at radius 2 is 1.74 bits per heavy atom. The van der Waals surface area contributed by atoms with Crippen molar-refractivity contribution in [1.82, 2.24) is 9.97 Å². The van der Waals surface area contributed by atoms with E-state index in [1.807, 2.05) is 30.3 Å². The van der Waals surface area contributed by atoms with E-state index in [9.17, 15) is 0 Å². The highest BCUT2D eigenvalue weighted by atomic mass is 79.9. The lowest BCUT2D eigenvalue weighted by molar-refractivity contribution is 0.902. The molecule has 0 unspecified atom stereocenters. The molecule has 0 bridgehead atoms. The number of rotatable bonds is 2. The zero-order valence-corrected chi connectivity index (χ0v) is 12.1. The first-order chi connectivity index (χ1) is 9.22. The van der Waals surface area contributed by atoms with Crippen molar-refractivity contribution in [2.45, 2.75) is 12.8 Å². The zero-order chi connectivity index (χ0) is 13.2. The van der Waals surface area contributed by atoms with E-state index in [1.54, 1.807) is 0 Å². The normalized spacial score (nSPS) is 14.9. The van der Waals surface area contributed by atoms with Crippen molar-refractivity contribution in [3.63, 3.8) is 0 Å². The number of benzene rings is 1. The van der Waals surface area contributed by atoms with Crippen LogP contribution >= 0.6 is 15.9 Å². The Morgan fingerprint density at radius 3 is 2.42 bits per heavy atom. The molecule has 1 fully saturated rings. The SMILES string of the molecule is Nc1cc(-c2ccc(Br)cc2)nc(N2CCCC2)n1. The second-order valence-corrected chi connectivity index (χ2v) is 5.59. The van der Waals surface area contributed by atoms with Crippen LogP contribution in [0.15, 0.2) is 34.8 Å². The molecule has 5 heteroatoms. The van der Waals surface area contributed by atoms with E-state index in [0.29, 0.717) is 5.82 Å². The van der Waals surface area contributed by atoms with Crippen molar-refractivity contribution in [1.29, 1.82) is 0 Å². The van der Waals surface area contributed by atoms with Gasteiger partial charge in [-0.2, -0.15) is 4.98 Å². The molecule has 4 nitrogen and oxygen atoms in total. The topological polar surface area (TPSA) is 55.0 Å². The number of nitrogen functional groups attached to an aromatic ring is 1. The maximum Gasteiger partial charge on any atom is 0.227 e. The van der Waals surface area contributed by atoms with Crippen molar-refractivity contribution in [2.24, 2.45) is 0 Å². The van der Waals surface area contributed by atoms with E-state index in [1.165, 1.54) is 12.8 Å². The van der Waals surface area contributed by atoms with E-state index in [-0.39, 0.29) is 0 Å². The number of halogens is 1. The fraction of sp³-hybridized carbons (Fsp3) is 0.286. The number of hydrogen-bond acceptors (Lipinski definition) is 4. The summed E-state index contributed by atoms with van der Waals surface area (Å²) in [5.74, 6) is 1.27. The maximum atomic E-state index is 5.91. The van der Waals surface area contributed by atoms with E-state index >= 15 is 0 Å². The summed E-state index contributed by atoms with van der Waals surface area (Å²) in [5, 5.41) is 0. The smallest absolute Gasteiger partial charge is 0.227 e. The molecule has 2 aromatic rings. The zero-order valence-electron chi connectivity index (χ0n) is 10.5. The summed E-state index contributed by atoms with van der Waals surface area (Å²) >= 11 is 3.44. The number of aromatic nitrogens is 2. The molecule has 19 heavy (non-hydrogen) atoms. The molecule has 1 aliphatic rings. The molecular formula is C14H15BrN4. The van der Waals surface area contributed by atoms with Gasteiger partial charge in [0.25, 0.3) is 0 Å². The molecule has 1 aromatic heterocycles. The second kappa shape index (κ2) is 5.17. The molecule has 0 spiro atoms. The Hall–Kier alpha value is -1.62. The molecular weight excluding hydrogens is 304 g/mol. The number of hydrogen-bond donors (Lipinski definition) is 1. The first-order valence-electron chi connectivity index (χ1n) is 6.38. The molecule has 3 rings (SSSR count).